The van der Waals surface area contributed by atoms with Crippen LogP contribution in [0, 0.1) is 0 Å². The first-order chi connectivity index (χ1) is 15.2. The molecule has 2 N–H and O–H groups in total. The SMILES string of the molecule is O=C(N/N=C/c1c[nH]c2ccccc12)c1cc(-c2ccc(Cl)cc2)nc2ccccc12. The van der Waals surface area contributed by atoms with Crippen LogP contribution in [0.15, 0.2) is 90.2 Å². The van der Waals surface area contributed by atoms with Gasteiger partial charge < -0.3 is 4.98 Å². The number of hydrogen-bond acceptors (Lipinski definition) is 3. The molecule has 5 nitrogen and oxygen atoms in total. The Morgan fingerprint density at radius 1 is 0.968 bits per heavy atom. The summed E-state index contributed by atoms with van der Waals surface area (Å²) in [5, 5.41) is 6.63. The number of nitrogens with one attached hydrogen (secondary N) is 2. The van der Waals surface area contributed by atoms with Crippen LogP contribution in [0.2, 0.25) is 5.02 Å². The van der Waals surface area contributed by atoms with E-state index in [1.54, 1.807) is 24.4 Å². The summed E-state index contributed by atoms with van der Waals surface area (Å²) in [4.78, 5) is 20.9. The van der Waals surface area contributed by atoms with Crippen molar-refractivity contribution < 1.29 is 4.79 Å². The first-order valence-electron chi connectivity index (χ1n) is 9.74. The lowest BCUT2D eigenvalue weighted by Crippen LogP contribution is -2.18. The van der Waals surface area contributed by atoms with Crippen molar-refractivity contribution in [3.05, 3.63) is 101 Å². The van der Waals surface area contributed by atoms with Crippen molar-refractivity contribution in [2.45, 2.75) is 0 Å². The van der Waals surface area contributed by atoms with E-state index in [-0.39, 0.29) is 5.91 Å². The lowest BCUT2D eigenvalue weighted by molar-refractivity contribution is 0.0956. The number of pyridine rings is 1. The minimum atomic E-state index is -0.301. The van der Waals surface area contributed by atoms with Crippen LogP contribution >= 0.6 is 11.6 Å². The van der Waals surface area contributed by atoms with E-state index in [0.29, 0.717) is 16.3 Å². The van der Waals surface area contributed by atoms with E-state index in [0.717, 1.165) is 32.9 Å². The molecule has 1 amide bonds. The van der Waals surface area contributed by atoms with Gasteiger partial charge in [-0.15, -0.1) is 0 Å². The highest BCUT2D eigenvalue weighted by Gasteiger charge is 2.13. The molecule has 3 aromatic carbocycles. The van der Waals surface area contributed by atoms with Crippen molar-refractivity contribution in [1.82, 2.24) is 15.4 Å². The Kier molecular flexibility index (Phi) is 4.94. The fourth-order valence-corrected chi connectivity index (χ4v) is 3.68. The fraction of sp³-hybridized carbons (Fsp3) is 0. The summed E-state index contributed by atoms with van der Waals surface area (Å²) in [6, 6.07) is 24.6. The molecule has 0 atom stereocenters. The van der Waals surface area contributed by atoms with Gasteiger partial charge in [0.15, 0.2) is 0 Å². The maximum atomic E-state index is 13.0. The molecule has 2 heterocycles. The quantitative estimate of drug-likeness (QED) is 0.282. The predicted octanol–water partition coefficient (Wildman–Crippen LogP) is 5.80. The van der Waals surface area contributed by atoms with Crippen molar-refractivity contribution >= 4 is 45.5 Å². The first-order valence-corrected chi connectivity index (χ1v) is 10.1. The molecule has 0 spiro atoms. The van der Waals surface area contributed by atoms with Crippen molar-refractivity contribution in [3.8, 4) is 11.3 Å². The number of amides is 1. The van der Waals surface area contributed by atoms with Gasteiger partial charge in [0, 0.05) is 38.6 Å². The Morgan fingerprint density at radius 2 is 1.71 bits per heavy atom. The molecular formula is C25H17ClN4O. The van der Waals surface area contributed by atoms with Gasteiger partial charge in [0.2, 0.25) is 0 Å². The van der Waals surface area contributed by atoms with Crippen LogP contribution in [-0.4, -0.2) is 22.1 Å². The van der Waals surface area contributed by atoms with Gasteiger partial charge in [-0.25, -0.2) is 10.4 Å². The summed E-state index contributed by atoms with van der Waals surface area (Å²) < 4.78 is 0. The van der Waals surface area contributed by atoms with Gasteiger partial charge in [-0.3, -0.25) is 4.79 Å². The third kappa shape index (κ3) is 3.79. The second-order valence-electron chi connectivity index (χ2n) is 7.07. The highest BCUT2D eigenvalue weighted by molar-refractivity contribution is 6.30. The molecule has 2 aromatic heterocycles. The molecule has 0 aliphatic carbocycles. The zero-order valence-corrected chi connectivity index (χ0v) is 17.1. The molecule has 150 valence electrons. The van der Waals surface area contributed by atoms with Gasteiger partial charge in [-0.2, -0.15) is 5.10 Å². The number of para-hydroxylation sites is 2. The Morgan fingerprint density at radius 3 is 2.55 bits per heavy atom. The number of halogens is 1. The summed E-state index contributed by atoms with van der Waals surface area (Å²) in [6.45, 7) is 0. The van der Waals surface area contributed by atoms with E-state index in [4.69, 9.17) is 16.6 Å². The van der Waals surface area contributed by atoms with Gasteiger partial charge >= 0.3 is 0 Å². The molecular weight excluding hydrogens is 408 g/mol. The second-order valence-corrected chi connectivity index (χ2v) is 7.50. The summed E-state index contributed by atoms with van der Waals surface area (Å²) >= 11 is 6.01. The van der Waals surface area contributed by atoms with Crippen LogP contribution in [0.1, 0.15) is 15.9 Å². The van der Waals surface area contributed by atoms with Crippen molar-refractivity contribution in [2.24, 2.45) is 5.10 Å². The number of benzene rings is 3. The number of carbonyl (C=O) groups is 1. The predicted molar refractivity (Wildman–Crippen MR) is 126 cm³/mol. The van der Waals surface area contributed by atoms with E-state index in [2.05, 4.69) is 15.5 Å². The number of carbonyl (C=O) groups excluding carboxylic acids is 1. The van der Waals surface area contributed by atoms with E-state index >= 15 is 0 Å². The average molecular weight is 425 g/mol. The Bertz CT molecular complexity index is 1440. The molecule has 0 unspecified atom stereocenters. The maximum absolute atomic E-state index is 13.0. The molecule has 0 saturated carbocycles. The van der Waals surface area contributed by atoms with Gasteiger partial charge in [-0.1, -0.05) is 60.1 Å². The standard InChI is InChI=1S/C25H17ClN4O/c26-18-11-9-16(10-12-18)24-13-21(20-6-2-4-8-23(20)29-24)25(31)30-28-15-17-14-27-22-7-3-1-5-19(17)22/h1-15,27H,(H,30,31)/b28-15+. The van der Waals surface area contributed by atoms with Gasteiger partial charge in [-0.05, 0) is 30.3 Å². The van der Waals surface area contributed by atoms with Crippen LogP contribution < -0.4 is 5.43 Å². The smallest absolute Gasteiger partial charge is 0.272 e. The van der Waals surface area contributed by atoms with Crippen molar-refractivity contribution in [2.75, 3.05) is 0 Å². The normalized spacial score (nSPS) is 11.4. The molecule has 0 radical (unpaired) electrons. The van der Waals surface area contributed by atoms with E-state index in [1.807, 2.05) is 66.9 Å². The van der Waals surface area contributed by atoms with Gasteiger partial charge in [0.1, 0.15) is 0 Å². The van der Waals surface area contributed by atoms with Crippen LogP contribution in [-0.2, 0) is 0 Å². The molecule has 0 aliphatic rings. The van der Waals surface area contributed by atoms with Gasteiger partial charge in [0.25, 0.3) is 5.91 Å². The number of aromatic nitrogens is 2. The lowest BCUT2D eigenvalue weighted by atomic mass is 10.0. The number of H-pyrrole nitrogens is 1. The third-order valence-corrected chi connectivity index (χ3v) is 5.34. The van der Waals surface area contributed by atoms with Crippen LogP contribution in [0.25, 0.3) is 33.1 Å². The Hall–Kier alpha value is -3.96. The fourth-order valence-electron chi connectivity index (χ4n) is 3.55. The van der Waals surface area contributed by atoms with Crippen LogP contribution in [0.4, 0.5) is 0 Å². The summed E-state index contributed by atoms with van der Waals surface area (Å²) in [5.74, 6) is -0.301. The molecule has 6 heteroatoms. The number of nitrogens with zero attached hydrogens (tertiary/aromatic N) is 2. The Labute approximate surface area is 183 Å². The topological polar surface area (TPSA) is 70.1 Å². The van der Waals surface area contributed by atoms with Gasteiger partial charge in [0.05, 0.1) is 23.0 Å². The average Bonchev–Trinajstić information content (AvgIpc) is 3.22. The highest BCUT2D eigenvalue weighted by Crippen LogP contribution is 2.26. The van der Waals surface area contributed by atoms with Crippen LogP contribution in [0.3, 0.4) is 0 Å². The monoisotopic (exact) mass is 424 g/mol. The summed E-state index contributed by atoms with van der Waals surface area (Å²) in [5.41, 5.74) is 7.39. The molecule has 0 bridgehead atoms. The summed E-state index contributed by atoms with van der Waals surface area (Å²) in [7, 11) is 0. The number of aromatic amines is 1. The third-order valence-electron chi connectivity index (χ3n) is 5.09. The molecule has 5 rings (SSSR count). The lowest BCUT2D eigenvalue weighted by Gasteiger charge is -2.09. The number of rotatable bonds is 4. The maximum Gasteiger partial charge on any atom is 0.272 e. The molecule has 0 aliphatic heterocycles. The number of fused-ring (bicyclic) bond motifs is 2. The molecule has 31 heavy (non-hydrogen) atoms. The number of hydrazone groups is 1. The Balaban J connectivity index is 1.48. The summed E-state index contributed by atoms with van der Waals surface area (Å²) in [6.07, 6.45) is 3.50. The minimum Gasteiger partial charge on any atom is -0.361 e. The molecule has 5 aromatic rings. The van der Waals surface area contributed by atoms with E-state index in [9.17, 15) is 4.79 Å². The van der Waals surface area contributed by atoms with E-state index in [1.165, 1.54) is 0 Å². The van der Waals surface area contributed by atoms with Crippen molar-refractivity contribution in [1.29, 1.82) is 0 Å². The zero-order chi connectivity index (χ0) is 21.2. The van der Waals surface area contributed by atoms with E-state index < -0.39 is 0 Å². The number of hydrogen-bond donors (Lipinski definition) is 2. The zero-order valence-electron chi connectivity index (χ0n) is 16.3. The first kappa shape index (κ1) is 19.0. The second kappa shape index (κ2) is 8.05. The van der Waals surface area contributed by atoms with Crippen molar-refractivity contribution in [3.63, 3.8) is 0 Å². The molecule has 0 fully saturated rings. The van der Waals surface area contributed by atoms with Crippen LogP contribution in [0.5, 0.6) is 0 Å². The highest BCUT2D eigenvalue weighted by atomic mass is 35.5. The minimum absolute atomic E-state index is 0.301. The molecule has 0 saturated heterocycles. The largest absolute Gasteiger partial charge is 0.361 e.